The topological polar surface area (TPSA) is 73.1 Å². The second-order valence-electron chi connectivity index (χ2n) is 5.15. The minimum atomic E-state index is 0.446. The van der Waals surface area contributed by atoms with E-state index in [1.807, 2.05) is 38.1 Å². The van der Waals surface area contributed by atoms with E-state index in [1.54, 1.807) is 0 Å². The number of hydrogen-bond acceptors (Lipinski definition) is 5. The van der Waals surface area contributed by atoms with Crippen molar-refractivity contribution >= 4 is 5.82 Å². The number of ether oxygens (including phenoxy) is 1. The minimum absolute atomic E-state index is 0.446. The van der Waals surface area contributed by atoms with Crippen LogP contribution in [0.2, 0.25) is 0 Å². The molecule has 1 aromatic carbocycles. The molecule has 104 valence electrons. The van der Waals surface area contributed by atoms with Crippen LogP contribution in [0.15, 0.2) is 24.3 Å². The molecule has 1 heterocycles. The van der Waals surface area contributed by atoms with E-state index < -0.39 is 0 Å². The molecular weight excluding hydrogens is 252 g/mol. The summed E-state index contributed by atoms with van der Waals surface area (Å²) in [6.45, 7) is 3.91. The van der Waals surface area contributed by atoms with Gasteiger partial charge in [-0.25, -0.2) is 10.8 Å². The van der Waals surface area contributed by atoms with Crippen molar-refractivity contribution in [2.45, 2.75) is 32.6 Å². The molecule has 1 fully saturated rings. The third-order valence-corrected chi connectivity index (χ3v) is 3.50. The number of rotatable bonds is 4. The zero-order chi connectivity index (χ0) is 14.1. The molecule has 0 atom stereocenters. The van der Waals surface area contributed by atoms with E-state index in [1.165, 1.54) is 0 Å². The Balaban J connectivity index is 1.99. The lowest BCUT2D eigenvalue weighted by Crippen LogP contribution is -2.13. The predicted octanol–water partition coefficient (Wildman–Crippen LogP) is 3.05. The van der Waals surface area contributed by atoms with Crippen molar-refractivity contribution in [2.24, 2.45) is 5.84 Å². The summed E-state index contributed by atoms with van der Waals surface area (Å²) in [6.07, 6.45) is 2.27. The second kappa shape index (κ2) is 5.09. The van der Waals surface area contributed by atoms with E-state index in [2.05, 4.69) is 15.4 Å². The Labute approximate surface area is 118 Å². The fourth-order valence-corrected chi connectivity index (χ4v) is 2.05. The van der Waals surface area contributed by atoms with Gasteiger partial charge < -0.3 is 10.2 Å². The predicted molar refractivity (Wildman–Crippen MR) is 77.8 cm³/mol. The first-order chi connectivity index (χ1) is 9.69. The summed E-state index contributed by atoms with van der Waals surface area (Å²) in [5, 5.41) is 0. The van der Waals surface area contributed by atoms with Crippen LogP contribution in [0.25, 0.3) is 0 Å². The maximum Gasteiger partial charge on any atom is 0.227 e. The zero-order valence-electron chi connectivity index (χ0n) is 11.7. The van der Waals surface area contributed by atoms with Crippen LogP contribution in [-0.2, 0) is 0 Å². The maximum absolute atomic E-state index is 5.95. The van der Waals surface area contributed by atoms with Gasteiger partial charge in [-0.05, 0) is 38.3 Å². The van der Waals surface area contributed by atoms with Crippen molar-refractivity contribution in [1.29, 1.82) is 0 Å². The number of nitrogens with one attached hydrogen (secondary N) is 1. The van der Waals surface area contributed by atoms with Crippen LogP contribution < -0.4 is 16.0 Å². The average Bonchev–Trinajstić information content (AvgIpc) is 3.28. The number of nitrogen functional groups attached to an aromatic ring is 1. The number of hydrogen-bond donors (Lipinski definition) is 2. The number of hydrazine groups is 1. The van der Waals surface area contributed by atoms with Gasteiger partial charge in [0, 0.05) is 5.92 Å². The van der Waals surface area contributed by atoms with Crippen molar-refractivity contribution < 1.29 is 4.74 Å². The van der Waals surface area contributed by atoms with Gasteiger partial charge in [0.1, 0.15) is 11.6 Å². The zero-order valence-corrected chi connectivity index (χ0v) is 11.7. The van der Waals surface area contributed by atoms with Gasteiger partial charge in [0.2, 0.25) is 5.88 Å². The van der Waals surface area contributed by atoms with Crippen LogP contribution in [0.3, 0.4) is 0 Å². The van der Waals surface area contributed by atoms with Gasteiger partial charge in [0.05, 0.1) is 5.56 Å². The molecule has 0 unspecified atom stereocenters. The SMILES string of the molecule is Cc1ccccc1Oc1nc(C2CC2)nc(NN)c1C. The number of benzene rings is 1. The molecule has 0 radical (unpaired) electrons. The molecule has 0 amide bonds. The van der Waals surface area contributed by atoms with Gasteiger partial charge in [0.15, 0.2) is 5.82 Å². The lowest BCUT2D eigenvalue weighted by atomic mass is 10.2. The van der Waals surface area contributed by atoms with Gasteiger partial charge in [-0.2, -0.15) is 4.98 Å². The lowest BCUT2D eigenvalue weighted by Gasteiger charge is -2.13. The third-order valence-electron chi connectivity index (χ3n) is 3.50. The quantitative estimate of drug-likeness (QED) is 0.660. The fourth-order valence-electron chi connectivity index (χ4n) is 2.05. The molecule has 5 nitrogen and oxygen atoms in total. The smallest absolute Gasteiger partial charge is 0.227 e. The molecule has 0 bridgehead atoms. The molecular formula is C15H18N4O. The monoisotopic (exact) mass is 270 g/mol. The largest absolute Gasteiger partial charge is 0.438 e. The van der Waals surface area contributed by atoms with Crippen LogP contribution in [-0.4, -0.2) is 9.97 Å². The Morgan fingerprint density at radius 1 is 1.20 bits per heavy atom. The Morgan fingerprint density at radius 3 is 2.60 bits per heavy atom. The number of anilines is 1. The van der Waals surface area contributed by atoms with Crippen molar-refractivity contribution in [3.05, 3.63) is 41.2 Å². The normalized spacial score (nSPS) is 14.2. The average molecular weight is 270 g/mol. The van der Waals surface area contributed by atoms with E-state index in [4.69, 9.17) is 10.6 Å². The maximum atomic E-state index is 5.95. The Hall–Kier alpha value is -2.14. The first-order valence-electron chi connectivity index (χ1n) is 6.77. The van der Waals surface area contributed by atoms with Crippen LogP contribution in [0.1, 0.15) is 35.7 Å². The number of aryl methyl sites for hydroxylation is 1. The minimum Gasteiger partial charge on any atom is -0.438 e. The number of para-hydroxylation sites is 1. The van der Waals surface area contributed by atoms with E-state index in [0.717, 1.165) is 35.5 Å². The van der Waals surface area contributed by atoms with E-state index in [9.17, 15) is 0 Å². The standard InChI is InChI=1S/C15H18N4O/c1-9-5-3-4-6-12(9)20-15-10(2)13(19-16)17-14(18-15)11-7-8-11/h3-6,11H,7-8,16H2,1-2H3,(H,17,18,19). The molecule has 2 aromatic rings. The van der Waals surface area contributed by atoms with E-state index in [0.29, 0.717) is 17.6 Å². The molecule has 3 rings (SSSR count). The third kappa shape index (κ3) is 2.44. The Morgan fingerprint density at radius 2 is 1.95 bits per heavy atom. The molecule has 0 aliphatic heterocycles. The first-order valence-corrected chi connectivity index (χ1v) is 6.77. The number of nitrogens with zero attached hydrogens (tertiary/aromatic N) is 2. The molecule has 1 aromatic heterocycles. The summed E-state index contributed by atoms with van der Waals surface area (Å²) in [5.41, 5.74) is 4.52. The Bertz CT molecular complexity index is 638. The van der Waals surface area contributed by atoms with Crippen LogP contribution in [0.4, 0.5) is 5.82 Å². The fraction of sp³-hybridized carbons (Fsp3) is 0.333. The first kappa shape index (κ1) is 12.9. The molecule has 0 spiro atoms. The molecule has 20 heavy (non-hydrogen) atoms. The second-order valence-corrected chi connectivity index (χ2v) is 5.15. The van der Waals surface area contributed by atoms with Gasteiger partial charge in [-0.1, -0.05) is 18.2 Å². The summed E-state index contributed by atoms with van der Waals surface area (Å²) < 4.78 is 5.95. The van der Waals surface area contributed by atoms with Crippen molar-refractivity contribution in [2.75, 3.05) is 5.43 Å². The van der Waals surface area contributed by atoms with Crippen molar-refractivity contribution in [3.63, 3.8) is 0 Å². The molecule has 1 saturated carbocycles. The van der Waals surface area contributed by atoms with Crippen molar-refractivity contribution in [1.82, 2.24) is 9.97 Å². The highest BCUT2D eigenvalue weighted by molar-refractivity contribution is 5.49. The molecule has 1 aliphatic rings. The number of nitrogens with two attached hydrogens (primary N) is 1. The highest BCUT2D eigenvalue weighted by Gasteiger charge is 2.28. The molecule has 1 aliphatic carbocycles. The highest BCUT2D eigenvalue weighted by Crippen LogP contribution is 2.40. The molecule has 5 heteroatoms. The molecule has 3 N–H and O–H groups in total. The lowest BCUT2D eigenvalue weighted by molar-refractivity contribution is 0.451. The van der Waals surface area contributed by atoms with Gasteiger partial charge in [-0.15, -0.1) is 0 Å². The summed E-state index contributed by atoms with van der Waals surface area (Å²) in [5.74, 6) is 8.80. The summed E-state index contributed by atoms with van der Waals surface area (Å²) in [4.78, 5) is 9.00. The van der Waals surface area contributed by atoms with Crippen LogP contribution in [0, 0.1) is 13.8 Å². The van der Waals surface area contributed by atoms with E-state index >= 15 is 0 Å². The summed E-state index contributed by atoms with van der Waals surface area (Å²) in [7, 11) is 0. The Kier molecular flexibility index (Phi) is 3.28. The van der Waals surface area contributed by atoms with E-state index in [-0.39, 0.29) is 0 Å². The van der Waals surface area contributed by atoms with Crippen LogP contribution in [0.5, 0.6) is 11.6 Å². The summed E-state index contributed by atoms with van der Waals surface area (Å²) in [6, 6.07) is 7.87. The van der Waals surface area contributed by atoms with Crippen molar-refractivity contribution in [3.8, 4) is 11.6 Å². The van der Waals surface area contributed by atoms with Gasteiger partial charge >= 0.3 is 0 Å². The number of aromatic nitrogens is 2. The van der Waals surface area contributed by atoms with Gasteiger partial charge in [0.25, 0.3) is 0 Å². The highest BCUT2D eigenvalue weighted by atomic mass is 16.5. The van der Waals surface area contributed by atoms with Gasteiger partial charge in [-0.3, -0.25) is 0 Å². The molecule has 0 saturated heterocycles. The summed E-state index contributed by atoms with van der Waals surface area (Å²) >= 11 is 0. The van der Waals surface area contributed by atoms with Crippen LogP contribution >= 0.6 is 0 Å².